The molecule has 5 rings (SSSR count). The van der Waals surface area contributed by atoms with Gasteiger partial charge in [-0.3, -0.25) is 0 Å². The third-order valence-electron chi connectivity index (χ3n) is 6.02. The zero-order valence-corrected chi connectivity index (χ0v) is 18.9. The van der Waals surface area contributed by atoms with Crippen LogP contribution in [0, 0.1) is 0 Å². The van der Waals surface area contributed by atoms with Crippen LogP contribution in [0.15, 0.2) is 60.7 Å². The van der Waals surface area contributed by atoms with E-state index in [9.17, 15) is 9.90 Å². The molecule has 0 bridgehead atoms. The summed E-state index contributed by atoms with van der Waals surface area (Å²) in [5.74, 6) is 0.864. The Balaban J connectivity index is 1.71. The molecule has 2 N–H and O–H groups in total. The van der Waals surface area contributed by atoms with Gasteiger partial charge in [0, 0.05) is 47.1 Å². The lowest BCUT2D eigenvalue weighted by atomic mass is 10.1. The quantitative estimate of drug-likeness (QED) is 0.265. The molecule has 5 aromatic rings. The third kappa shape index (κ3) is 3.76. The Morgan fingerprint density at radius 2 is 1.76 bits per heavy atom. The van der Waals surface area contributed by atoms with Gasteiger partial charge in [0.05, 0.1) is 30.3 Å². The van der Waals surface area contributed by atoms with E-state index in [-0.39, 0.29) is 18.9 Å². The lowest BCUT2D eigenvalue weighted by Crippen LogP contribution is -2.21. The number of methoxy groups -OCH3 is 1. The van der Waals surface area contributed by atoms with E-state index in [1.54, 1.807) is 25.3 Å². The number of aliphatic hydroxyl groups is 1. The predicted molar refractivity (Wildman–Crippen MR) is 130 cm³/mol. The Morgan fingerprint density at radius 3 is 2.53 bits per heavy atom. The maximum atomic E-state index is 11.0. The fourth-order valence-electron chi connectivity index (χ4n) is 4.67. The molecule has 34 heavy (non-hydrogen) atoms. The normalized spacial score (nSPS) is 12.6. The zero-order chi connectivity index (χ0) is 23.8. The van der Waals surface area contributed by atoms with Crippen LogP contribution < -0.4 is 4.74 Å². The van der Waals surface area contributed by atoms with Crippen molar-refractivity contribution in [2.45, 2.75) is 26.1 Å². The van der Waals surface area contributed by atoms with Crippen molar-refractivity contribution in [1.82, 2.24) is 14.1 Å². The van der Waals surface area contributed by atoms with Gasteiger partial charge in [-0.25, -0.2) is 9.78 Å². The number of benzene rings is 3. The van der Waals surface area contributed by atoms with Crippen LogP contribution in [-0.4, -0.2) is 50.3 Å². The minimum atomic E-state index is -1.38. The molecule has 2 heterocycles. The largest absolute Gasteiger partial charge is 0.511 e. The second-order valence-electron chi connectivity index (χ2n) is 8.17. The minimum absolute atomic E-state index is 0.183. The van der Waals surface area contributed by atoms with E-state index in [2.05, 4.69) is 35.8 Å². The third-order valence-corrected chi connectivity index (χ3v) is 6.02. The summed E-state index contributed by atoms with van der Waals surface area (Å²) in [6.07, 6.45) is -2.12. The minimum Gasteiger partial charge on any atom is -0.449 e. The van der Waals surface area contributed by atoms with Gasteiger partial charge in [0.1, 0.15) is 11.6 Å². The molecule has 8 nitrogen and oxygen atoms in total. The molecule has 8 heteroatoms. The lowest BCUT2D eigenvalue weighted by molar-refractivity contribution is 0.0546. The number of aryl methyl sites for hydroxylation is 1. The first-order valence-corrected chi connectivity index (χ1v) is 11.1. The van der Waals surface area contributed by atoms with Crippen LogP contribution in [0.5, 0.6) is 5.75 Å². The first-order valence-electron chi connectivity index (χ1n) is 11.1. The second-order valence-corrected chi connectivity index (χ2v) is 8.17. The average molecular weight is 460 g/mol. The molecule has 0 radical (unpaired) electrons. The summed E-state index contributed by atoms with van der Waals surface area (Å²) < 4.78 is 14.2. The summed E-state index contributed by atoms with van der Waals surface area (Å²) >= 11 is 0. The Hall–Kier alpha value is -3.88. The van der Waals surface area contributed by atoms with Crippen LogP contribution in [0.3, 0.4) is 0 Å². The van der Waals surface area contributed by atoms with Gasteiger partial charge in [-0.15, -0.1) is 0 Å². The Morgan fingerprint density at radius 1 is 1.00 bits per heavy atom. The molecule has 0 aliphatic heterocycles. The number of fused-ring (bicyclic) bond motifs is 4. The standard InChI is InChI=1S/C26H25N3O5/c1-3-28-22-7-5-4-6-19(22)20-12-16(8-10-23(20)28)25-27-21-13-18(34-26(31)32)9-11-24(21)29(25)14-17(30)15-33-2/h4-13,17,30H,3,14-15H2,1-2H3,(H,31,32)/t17-/m1/s1. The molecule has 0 fully saturated rings. The maximum Gasteiger partial charge on any atom is 0.511 e. The van der Waals surface area contributed by atoms with Gasteiger partial charge in [0.25, 0.3) is 0 Å². The van der Waals surface area contributed by atoms with Gasteiger partial charge >= 0.3 is 6.16 Å². The molecular formula is C26H25N3O5. The molecule has 0 amide bonds. The van der Waals surface area contributed by atoms with E-state index in [0.29, 0.717) is 11.3 Å². The molecule has 0 saturated heterocycles. The van der Waals surface area contributed by atoms with Crippen LogP contribution in [-0.2, 0) is 17.8 Å². The van der Waals surface area contributed by atoms with Gasteiger partial charge in [-0.05, 0) is 43.3 Å². The van der Waals surface area contributed by atoms with Gasteiger partial charge in [-0.2, -0.15) is 0 Å². The molecule has 0 spiro atoms. The lowest BCUT2D eigenvalue weighted by Gasteiger charge is -2.14. The number of carboxylic acid groups (broad SMARTS) is 1. The molecular weight excluding hydrogens is 434 g/mol. The summed E-state index contributed by atoms with van der Waals surface area (Å²) in [6, 6.07) is 19.5. The van der Waals surface area contributed by atoms with Crippen molar-refractivity contribution in [3.05, 3.63) is 60.7 Å². The number of imidazole rings is 1. The van der Waals surface area contributed by atoms with Crippen LogP contribution in [0.4, 0.5) is 4.79 Å². The number of aromatic nitrogens is 3. The number of hydrogen-bond acceptors (Lipinski definition) is 5. The highest BCUT2D eigenvalue weighted by Gasteiger charge is 2.19. The molecule has 3 aromatic carbocycles. The number of nitrogens with zero attached hydrogens (tertiary/aromatic N) is 3. The topological polar surface area (TPSA) is 98.7 Å². The zero-order valence-electron chi connectivity index (χ0n) is 18.9. The van der Waals surface area contributed by atoms with Gasteiger partial charge in [0.2, 0.25) is 0 Å². The SMILES string of the molecule is CCn1c2ccccc2c2cc(-c3nc4cc(OC(=O)O)ccc4n3C[C@@H](O)COC)ccc21. The van der Waals surface area contributed by atoms with E-state index in [0.717, 1.165) is 28.5 Å². The Bertz CT molecular complexity index is 1520. The van der Waals surface area contributed by atoms with Crippen LogP contribution in [0.1, 0.15) is 6.92 Å². The van der Waals surface area contributed by atoms with Crippen molar-refractivity contribution in [3.63, 3.8) is 0 Å². The molecule has 174 valence electrons. The van der Waals surface area contributed by atoms with Crippen LogP contribution in [0.2, 0.25) is 0 Å². The van der Waals surface area contributed by atoms with E-state index in [1.807, 2.05) is 22.8 Å². The molecule has 0 unspecified atom stereocenters. The highest BCUT2D eigenvalue weighted by Crippen LogP contribution is 2.34. The van der Waals surface area contributed by atoms with Crippen LogP contribution >= 0.6 is 0 Å². The Labute approximate surface area is 195 Å². The van der Waals surface area contributed by atoms with Crippen molar-refractivity contribution in [2.24, 2.45) is 0 Å². The summed E-state index contributed by atoms with van der Waals surface area (Å²) in [6.45, 7) is 3.44. The van der Waals surface area contributed by atoms with Crippen molar-refractivity contribution in [1.29, 1.82) is 0 Å². The molecule has 0 aliphatic rings. The van der Waals surface area contributed by atoms with Gasteiger partial charge in [-0.1, -0.05) is 18.2 Å². The monoisotopic (exact) mass is 459 g/mol. The first kappa shape index (κ1) is 21.9. The number of ether oxygens (including phenoxy) is 2. The van der Waals surface area contributed by atoms with E-state index >= 15 is 0 Å². The number of carbonyl (C=O) groups is 1. The summed E-state index contributed by atoms with van der Waals surface area (Å²) in [5.41, 5.74) is 4.56. The van der Waals surface area contributed by atoms with Crippen molar-refractivity contribution < 1.29 is 24.5 Å². The van der Waals surface area contributed by atoms with Crippen molar-refractivity contribution in [3.8, 4) is 17.1 Å². The number of hydrogen-bond donors (Lipinski definition) is 2. The fraction of sp³-hybridized carbons (Fsp3) is 0.231. The Kier molecular flexibility index (Phi) is 5.69. The fourth-order valence-corrected chi connectivity index (χ4v) is 4.67. The summed E-state index contributed by atoms with van der Waals surface area (Å²) in [5, 5.41) is 21.8. The van der Waals surface area contributed by atoms with E-state index in [1.165, 1.54) is 10.9 Å². The van der Waals surface area contributed by atoms with Gasteiger partial charge in [0.15, 0.2) is 0 Å². The van der Waals surface area contributed by atoms with Crippen molar-refractivity contribution >= 4 is 39.0 Å². The van der Waals surface area contributed by atoms with Crippen molar-refractivity contribution in [2.75, 3.05) is 13.7 Å². The smallest absolute Gasteiger partial charge is 0.449 e. The first-order chi connectivity index (χ1) is 16.5. The maximum absolute atomic E-state index is 11.0. The summed E-state index contributed by atoms with van der Waals surface area (Å²) in [7, 11) is 1.54. The predicted octanol–water partition coefficient (Wildman–Crippen LogP) is 4.90. The molecule has 0 saturated carbocycles. The molecule has 0 aliphatic carbocycles. The summed E-state index contributed by atoms with van der Waals surface area (Å²) in [4.78, 5) is 15.8. The van der Waals surface area contributed by atoms with E-state index in [4.69, 9.17) is 19.6 Å². The second kappa shape index (κ2) is 8.81. The highest BCUT2D eigenvalue weighted by molar-refractivity contribution is 6.09. The highest BCUT2D eigenvalue weighted by atomic mass is 16.7. The van der Waals surface area contributed by atoms with E-state index < -0.39 is 12.3 Å². The number of rotatable bonds is 7. The molecule has 1 atom stereocenters. The van der Waals surface area contributed by atoms with Crippen LogP contribution in [0.25, 0.3) is 44.2 Å². The molecule has 2 aromatic heterocycles. The van der Waals surface area contributed by atoms with Gasteiger partial charge < -0.3 is 28.8 Å². The number of aliphatic hydroxyl groups excluding tert-OH is 1. The number of para-hydroxylation sites is 1. The average Bonchev–Trinajstić information content (AvgIpc) is 3.33.